The zero-order valence-electron chi connectivity index (χ0n) is 14.5. The Bertz CT molecular complexity index is 768. The number of halogens is 1. The van der Waals surface area contributed by atoms with E-state index in [1.807, 2.05) is 36.1 Å². The van der Waals surface area contributed by atoms with Gasteiger partial charge in [-0.15, -0.1) is 0 Å². The number of hydrogen-bond acceptors (Lipinski definition) is 3. The monoisotopic (exact) mass is 338 g/mol. The Balaban J connectivity index is 1.91. The van der Waals surface area contributed by atoms with Gasteiger partial charge in [-0.05, 0) is 55.7 Å². The third kappa shape index (κ3) is 4.32. The zero-order chi connectivity index (χ0) is 17.6. The lowest BCUT2D eigenvalue weighted by Crippen LogP contribution is -2.36. The minimum Gasteiger partial charge on any atom is -0.322 e. The van der Waals surface area contributed by atoms with Gasteiger partial charge in [0.2, 0.25) is 0 Å². The second-order valence-electron chi connectivity index (χ2n) is 6.41. The number of ketones is 1. The van der Waals surface area contributed by atoms with E-state index in [0.717, 1.165) is 42.9 Å². The summed E-state index contributed by atoms with van der Waals surface area (Å²) in [6.07, 6.45) is 4.23. The van der Waals surface area contributed by atoms with Gasteiger partial charge in [0.1, 0.15) is 11.7 Å². The summed E-state index contributed by atoms with van der Waals surface area (Å²) in [7, 11) is 0. The number of benzene rings is 2. The number of carbonyl (C=O) groups is 1. The molecule has 130 valence electrons. The molecule has 0 N–H and O–H groups in total. The number of nitrogens with zero attached hydrogens (tertiary/aromatic N) is 2. The topological polar surface area (TPSA) is 32.7 Å². The number of aliphatic imine (C=N–C) groups is 1. The number of rotatable bonds is 4. The molecule has 25 heavy (non-hydrogen) atoms. The van der Waals surface area contributed by atoms with E-state index in [-0.39, 0.29) is 18.1 Å². The van der Waals surface area contributed by atoms with Crippen molar-refractivity contribution in [2.45, 2.75) is 32.6 Å². The zero-order valence-corrected chi connectivity index (χ0v) is 14.5. The van der Waals surface area contributed by atoms with E-state index in [1.165, 1.54) is 18.6 Å². The highest BCUT2D eigenvalue weighted by Gasteiger charge is 2.20. The van der Waals surface area contributed by atoms with Crippen molar-refractivity contribution in [1.82, 2.24) is 0 Å². The lowest BCUT2D eigenvalue weighted by Gasteiger charge is -2.27. The second kappa shape index (κ2) is 8.06. The average molecular weight is 338 g/mol. The highest BCUT2D eigenvalue weighted by molar-refractivity contribution is 6.07. The normalized spacial score (nSPS) is 14.6. The molecule has 0 saturated carbocycles. The molecule has 4 heteroatoms. The van der Waals surface area contributed by atoms with Gasteiger partial charge in [0.15, 0.2) is 5.78 Å². The van der Waals surface area contributed by atoms with Crippen LogP contribution in [-0.4, -0.2) is 24.7 Å². The summed E-state index contributed by atoms with van der Waals surface area (Å²) in [4.78, 5) is 19.5. The predicted octanol–water partition coefficient (Wildman–Crippen LogP) is 4.80. The van der Waals surface area contributed by atoms with Crippen LogP contribution in [0.15, 0.2) is 53.5 Å². The number of amidine groups is 1. The van der Waals surface area contributed by atoms with E-state index < -0.39 is 0 Å². The van der Waals surface area contributed by atoms with Crippen LogP contribution in [0.3, 0.4) is 0 Å². The van der Waals surface area contributed by atoms with E-state index in [9.17, 15) is 9.18 Å². The van der Waals surface area contributed by atoms with Gasteiger partial charge in [-0.1, -0.05) is 24.6 Å². The van der Waals surface area contributed by atoms with Gasteiger partial charge in [0.25, 0.3) is 0 Å². The van der Waals surface area contributed by atoms with Crippen molar-refractivity contribution in [3.8, 4) is 0 Å². The number of Topliss-reactive ketones (excluding diaryl/α,β-unsaturated/α-hetero) is 1. The van der Waals surface area contributed by atoms with Crippen molar-refractivity contribution in [2.24, 2.45) is 4.99 Å². The maximum Gasteiger partial charge on any atom is 0.182 e. The fourth-order valence-electron chi connectivity index (χ4n) is 3.13. The molecule has 2 aromatic carbocycles. The van der Waals surface area contributed by atoms with Crippen LogP contribution in [0, 0.1) is 12.7 Å². The SMILES string of the molecule is Cc1ccccc1N(CC(=O)c1ccc(F)cc1)C1=NCCCCC1. The minimum absolute atomic E-state index is 0.0322. The lowest BCUT2D eigenvalue weighted by molar-refractivity contribution is 0.100. The van der Waals surface area contributed by atoms with Crippen LogP contribution in [0.4, 0.5) is 10.1 Å². The number of anilines is 1. The van der Waals surface area contributed by atoms with E-state index >= 15 is 0 Å². The first-order chi connectivity index (χ1) is 12.1. The largest absolute Gasteiger partial charge is 0.322 e. The molecule has 3 nitrogen and oxygen atoms in total. The Morgan fingerprint density at radius 3 is 2.60 bits per heavy atom. The molecule has 1 aliphatic heterocycles. The van der Waals surface area contributed by atoms with Crippen molar-refractivity contribution in [3.63, 3.8) is 0 Å². The summed E-state index contributed by atoms with van der Waals surface area (Å²) < 4.78 is 13.1. The molecule has 0 amide bonds. The molecule has 0 fully saturated rings. The molecule has 3 rings (SSSR count). The summed E-state index contributed by atoms with van der Waals surface area (Å²) >= 11 is 0. The molecule has 0 aliphatic carbocycles. The summed E-state index contributed by atoms with van der Waals surface area (Å²) in [5, 5.41) is 0. The van der Waals surface area contributed by atoms with Crippen LogP contribution >= 0.6 is 0 Å². The first-order valence-electron chi connectivity index (χ1n) is 8.80. The predicted molar refractivity (Wildman–Crippen MR) is 100 cm³/mol. The molecule has 0 unspecified atom stereocenters. The first kappa shape index (κ1) is 17.3. The van der Waals surface area contributed by atoms with Crippen molar-refractivity contribution < 1.29 is 9.18 Å². The van der Waals surface area contributed by atoms with E-state index in [0.29, 0.717) is 5.56 Å². The number of carbonyl (C=O) groups excluding carboxylic acids is 1. The average Bonchev–Trinajstić information content (AvgIpc) is 2.90. The smallest absolute Gasteiger partial charge is 0.182 e. The van der Waals surface area contributed by atoms with Crippen molar-refractivity contribution in [3.05, 3.63) is 65.5 Å². The molecule has 0 bridgehead atoms. The molecule has 0 radical (unpaired) electrons. The van der Waals surface area contributed by atoms with Gasteiger partial charge in [0.05, 0.1) is 6.54 Å². The fraction of sp³-hybridized carbons (Fsp3) is 0.333. The number of para-hydroxylation sites is 1. The summed E-state index contributed by atoms with van der Waals surface area (Å²) in [6, 6.07) is 13.8. The molecule has 0 spiro atoms. The number of hydrogen-bond donors (Lipinski definition) is 0. The van der Waals surface area contributed by atoms with Gasteiger partial charge >= 0.3 is 0 Å². The van der Waals surface area contributed by atoms with Crippen LogP contribution in [0.5, 0.6) is 0 Å². The Morgan fingerprint density at radius 2 is 1.84 bits per heavy atom. The van der Waals surface area contributed by atoms with E-state index in [1.54, 1.807) is 12.1 Å². The van der Waals surface area contributed by atoms with Crippen LogP contribution < -0.4 is 4.90 Å². The molecular formula is C21H23FN2O. The van der Waals surface area contributed by atoms with Gasteiger partial charge in [0, 0.05) is 24.2 Å². The van der Waals surface area contributed by atoms with Crippen LogP contribution in [0.1, 0.15) is 41.6 Å². The van der Waals surface area contributed by atoms with Crippen LogP contribution in [-0.2, 0) is 0 Å². The maximum atomic E-state index is 13.1. The Hall–Kier alpha value is -2.49. The van der Waals surface area contributed by atoms with Crippen molar-refractivity contribution in [2.75, 3.05) is 18.0 Å². The van der Waals surface area contributed by atoms with Crippen LogP contribution in [0.25, 0.3) is 0 Å². The van der Waals surface area contributed by atoms with E-state index in [4.69, 9.17) is 4.99 Å². The summed E-state index contributed by atoms with van der Waals surface area (Å²) in [5.41, 5.74) is 2.65. The molecule has 1 aliphatic rings. The molecule has 1 heterocycles. The molecule has 2 aromatic rings. The quantitative estimate of drug-likeness (QED) is 0.751. The van der Waals surface area contributed by atoms with Crippen LogP contribution in [0.2, 0.25) is 0 Å². The molecule has 0 saturated heterocycles. The lowest BCUT2D eigenvalue weighted by atomic mass is 10.1. The highest BCUT2D eigenvalue weighted by Crippen LogP contribution is 2.23. The minimum atomic E-state index is -0.333. The summed E-state index contributed by atoms with van der Waals surface area (Å²) in [5.74, 6) is 0.609. The fourth-order valence-corrected chi connectivity index (χ4v) is 3.13. The molecule has 0 atom stereocenters. The molecule has 0 aromatic heterocycles. The maximum absolute atomic E-state index is 13.1. The molecular weight excluding hydrogens is 315 g/mol. The van der Waals surface area contributed by atoms with Crippen molar-refractivity contribution in [1.29, 1.82) is 0 Å². The third-order valence-electron chi connectivity index (χ3n) is 4.54. The third-order valence-corrected chi connectivity index (χ3v) is 4.54. The number of aryl methyl sites for hydroxylation is 1. The Kier molecular flexibility index (Phi) is 5.59. The van der Waals surface area contributed by atoms with Gasteiger partial charge in [-0.3, -0.25) is 9.79 Å². The highest BCUT2D eigenvalue weighted by atomic mass is 19.1. The first-order valence-corrected chi connectivity index (χ1v) is 8.80. The van der Waals surface area contributed by atoms with Gasteiger partial charge in [-0.25, -0.2) is 4.39 Å². The Labute approximate surface area is 148 Å². The summed E-state index contributed by atoms with van der Waals surface area (Å²) in [6.45, 7) is 3.07. The Morgan fingerprint density at radius 1 is 1.08 bits per heavy atom. The van der Waals surface area contributed by atoms with Gasteiger partial charge in [-0.2, -0.15) is 0 Å². The second-order valence-corrected chi connectivity index (χ2v) is 6.41. The van der Waals surface area contributed by atoms with Crippen molar-refractivity contribution >= 4 is 17.3 Å². The standard InChI is InChI=1S/C21H23FN2O/c1-16-7-4-5-8-19(16)24(21-9-3-2-6-14-23-21)15-20(25)17-10-12-18(22)13-11-17/h4-5,7-8,10-13H,2-3,6,9,14-15H2,1H3. The van der Waals surface area contributed by atoms with Gasteiger partial charge < -0.3 is 4.90 Å². The van der Waals surface area contributed by atoms with E-state index in [2.05, 4.69) is 0 Å².